The van der Waals surface area contributed by atoms with Crippen LogP contribution < -0.4 is 0 Å². The molecular weight excluding hydrogens is 143 g/mol. The Morgan fingerprint density at radius 2 is 2.00 bits per heavy atom. The third kappa shape index (κ3) is 1.26. The van der Waals surface area contributed by atoms with Gasteiger partial charge in [-0.2, -0.15) is 0 Å². The molecule has 1 aromatic rings. The van der Waals surface area contributed by atoms with E-state index in [2.05, 4.69) is 0 Å². The molecule has 2 rings (SSSR count). The molecule has 0 unspecified atom stereocenters. The van der Waals surface area contributed by atoms with Crippen molar-refractivity contribution in [3.8, 4) is 0 Å². The van der Waals surface area contributed by atoms with Gasteiger partial charge in [-0.1, -0.05) is 30.3 Å². The highest BCUT2D eigenvalue weighted by molar-refractivity contribution is 5.22. The van der Waals surface area contributed by atoms with E-state index in [0.29, 0.717) is 0 Å². The van der Waals surface area contributed by atoms with Gasteiger partial charge in [-0.25, -0.2) is 4.39 Å². The SMILES string of the molecule is FC[C@@H]1O[C@H]1c1ccccc1. The maximum atomic E-state index is 12.0. The maximum Gasteiger partial charge on any atom is 0.119 e. The van der Waals surface area contributed by atoms with Crippen LogP contribution in [0.2, 0.25) is 0 Å². The summed E-state index contributed by atoms with van der Waals surface area (Å²) in [4.78, 5) is 0. The van der Waals surface area contributed by atoms with Crippen molar-refractivity contribution in [1.29, 1.82) is 0 Å². The van der Waals surface area contributed by atoms with Gasteiger partial charge in [0, 0.05) is 0 Å². The number of alkyl halides is 1. The monoisotopic (exact) mass is 152 g/mol. The first-order valence-electron chi connectivity index (χ1n) is 3.68. The normalized spacial score (nSPS) is 28.5. The fraction of sp³-hybridized carbons (Fsp3) is 0.333. The molecule has 1 aliphatic heterocycles. The van der Waals surface area contributed by atoms with E-state index in [0.717, 1.165) is 5.56 Å². The predicted molar refractivity (Wildman–Crippen MR) is 40.0 cm³/mol. The number of ether oxygens (including phenoxy) is 1. The highest BCUT2D eigenvalue weighted by atomic mass is 19.1. The van der Waals surface area contributed by atoms with Crippen molar-refractivity contribution in [3.05, 3.63) is 35.9 Å². The third-order valence-corrected chi connectivity index (χ3v) is 1.86. The standard InChI is InChI=1S/C9H9FO/c10-6-8-9(11-8)7-4-2-1-3-5-7/h1-5,8-9H,6H2/t8-,9-/m0/s1. The zero-order valence-corrected chi connectivity index (χ0v) is 6.03. The number of rotatable bonds is 2. The average molecular weight is 152 g/mol. The highest BCUT2D eigenvalue weighted by Crippen LogP contribution is 2.38. The predicted octanol–water partition coefficient (Wildman–Crippen LogP) is 2.10. The lowest BCUT2D eigenvalue weighted by molar-refractivity contribution is 0.331. The molecular formula is C9H9FO. The Balaban J connectivity index is 2.09. The smallest absolute Gasteiger partial charge is 0.119 e. The molecule has 0 aliphatic carbocycles. The van der Waals surface area contributed by atoms with Crippen LogP contribution in [0.25, 0.3) is 0 Å². The third-order valence-electron chi connectivity index (χ3n) is 1.86. The zero-order chi connectivity index (χ0) is 7.68. The molecule has 11 heavy (non-hydrogen) atoms. The van der Waals surface area contributed by atoms with E-state index in [-0.39, 0.29) is 18.9 Å². The van der Waals surface area contributed by atoms with E-state index in [1.54, 1.807) is 0 Å². The van der Waals surface area contributed by atoms with Gasteiger partial charge in [-0.15, -0.1) is 0 Å². The molecule has 2 atom stereocenters. The minimum atomic E-state index is -0.375. The van der Waals surface area contributed by atoms with Crippen LogP contribution in [0.4, 0.5) is 4.39 Å². The van der Waals surface area contributed by atoms with Crippen LogP contribution >= 0.6 is 0 Å². The summed E-state index contributed by atoms with van der Waals surface area (Å²) in [6.07, 6.45) is -0.168. The second-order valence-corrected chi connectivity index (χ2v) is 2.66. The molecule has 1 nitrogen and oxygen atoms in total. The molecule has 1 saturated heterocycles. The molecule has 0 radical (unpaired) electrons. The first-order chi connectivity index (χ1) is 5.42. The van der Waals surface area contributed by atoms with Gasteiger partial charge < -0.3 is 4.74 Å². The summed E-state index contributed by atoms with van der Waals surface area (Å²) in [5.74, 6) is 0. The Labute approximate surface area is 64.8 Å². The van der Waals surface area contributed by atoms with E-state index in [1.165, 1.54) is 0 Å². The second-order valence-electron chi connectivity index (χ2n) is 2.66. The topological polar surface area (TPSA) is 12.5 Å². The van der Waals surface area contributed by atoms with E-state index in [9.17, 15) is 4.39 Å². The molecule has 0 bridgehead atoms. The minimum absolute atomic E-state index is 0.0150. The molecule has 1 aliphatic rings. The lowest BCUT2D eigenvalue weighted by Crippen LogP contribution is -1.89. The fourth-order valence-corrected chi connectivity index (χ4v) is 1.20. The highest BCUT2D eigenvalue weighted by Gasteiger charge is 2.39. The van der Waals surface area contributed by atoms with Crippen molar-refractivity contribution in [1.82, 2.24) is 0 Å². The molecule has 1 fully saturated rings. The number of hydrogen-bond donors (Lipinski definition) is 0. The Hall–Kier alpha value is -0.890. The van der Waals surface area contributed by atoms with Crippen LogP contribution in [0, 0.1) is 0 Å². The first kappa shape index (κ1) is 6.80. The lowest BCUT2D eigenvalue weighted by Gasteiger charge is -1.91. The number of benzene rings is 1. The molecule has 0 saturated carbocycles. The summed E-state index contributed by atoms with van der Waals surface area (Å²) in [5, 5.41) is 0. The van der Waals surface area contributed by atoms with Gasteiger partial charge >= 0.3 is 0 Å². The van der Waals surface area contributed by atoms with Crippen LogP contribution in [-0.2, 0) is 4.74 Å². The zero-order valence-electron chi connectivity index (χ0n) is 6.03. The van der Waals surface area contributed by atoms with Crippen molar-refractivity contribution in [2.24, 2.45) is 0 Å². The van der Waals surface area contributed by atoms with Crippen molar-refractivity contribution in [2.75, 3.05) is 6.67 Å². The quantitative estimate of drug-likeness (QED) is 0.591. The number of halogens is 1. The molecule has 58 valence electrons. The van der Waals surface area contributed by atoms with Crippen LogP contribution in [0.3, 0.4) is 0 Å². The van der Waals surface area contributed by atoms with Crippen molar-refractivity contribution >= 4 is 0 Å². The summed E-state index contributed by atoms with van der Waals surface area (Å²) in [6, 6.07) is 9.73. The van der Waals surface area contributed by atoms with Gasteiger partial charge in [0.05, 0.1) is 0 Å². The second kappa shape index (κ2) is 2.62. The molecule has 1 heterocycles. The van der Waals surface area contributed by atoms with Gasteiger partial charge in [-0.05, 0) is 5.56 Å². The Morgan fingerprint density at radius 1 is 1.27 bits per heavy atom. The van der Waals surface area contributed by atoms with E-state index in [1.807, 2.05) is 30.3 Å². The van der Waals surface area contributed by atoms with E-state index < -0.39 is 0 Å². The van der Waals surface area contributed by atoms with Crippen LogP contribution in [0.15, 0.2) is 30.3 Å². The lowest BCUT2D eigenvalue weighted by atomic mass is 10.1. The first-order valence-corrected chi connectivity index (χ1v) is 3.68. The Morgan fingerprint density at radius 3 is 2.55 bits per heavy atom. The van der Waals surface area contributed by atoms with Crippen LogP contribution in [0.5, 0.6) is 0 Å². The van der Waals surface area contributed by atoms with Gasteiger partial charge in [-0.3, -0.25) is 0 Å². The summed E-state index contributed by atoms with van der Waals surface area (Å²) < 4.78 is 17.1. The molecule has 0 amide bonds. The number of epoxide rings is 1. The van der Waals surface area contributed by atoms with Gasteiger partial charge in [0.15, 0.2) is 0 Å². The van der Waals surface area contributed by atoms with Crippen molar-refractivity contribution in [2.45, 2.75) is 12.2 Å². The molecule has 2 heteroatoms. The minimum Gasteiger partial charge on any atom is -0.362 e. The van der Waals surface area contributed by atoms with Gasteiger partial charge in [0.1, 0.15) is 18.9 Å². The fourth-order valence-electron chi connectivity index (χ4n) is 1.20. The summed E-state index contributed by atoms with van der Waals surface area (Å²) in [5.41, 5.74) is 1.08. The molecule has 0 N–H and O–H groups in total. The van der Waals surface area contributed by atoms with Gasteiger partial charge in [0.2, 0.25) is 0 Å². The van der Waals surface area contributed by atoms with Crippen molar-refractivity contribution < 1.29 is 9.13 Å². The van der Waals surface area contributed by atoms with Gasteiger partial charge in [0.25, 0.3) is 0 Å². The van der Waals surface area contributed by atoms with Crippen molar-refractivity contribution in [3.63, 3.8) is 0 Å². The average Bonchev–Trinajstić information content (AvgIpc) is 2.85. The largest absolute Gasteiger partial charge is 0.362 e. The molecule has 0 aromatic heterocycles. The van der Waals surface area contributed by atoms with E-state index >= 15 is 0 Å². The maximum absolute atomic E-state index is 12.0. The molecule has 1 aromatic carbocycles. The summed E-state index contributed by atoms with van der Waals surface area (Å²) in [6.45, 7) is -0.375. The Bertz CT molecular complexity index is 235. The van der Waals surface area contributed by atoms with E-state index in [4.69, 9.17) is 4.74 Å². The number of hydrogen-bond acceptors (Lipinski definition) is 1. The summed E-state index contributed by atoms with van der Waals surface area (Å²) in [7, 11) is 0. The van der Waals surface area contributed by atoms with Crippen LogP contribution in [0.1, 0.15) is 11.7 Å². The molecule has 0 spiro atoms. The summed E-state index contributed by atoms with van der Waals surface area (Å²) >= 11 is 0. The Kier molecular flexibility index (Phi) is 1.62. The van der Waals surface area contributed by atoms with Crippen LogP contribution in [-0.4, -0.2) is 12.8 Å².